The van der Waals surface area contributed by atoms with Crippen LogP contribution in [0.3, 0.4) is 0 Å². The first-order chi connectivity index (χ1) is 6.80. The van der Waals surface area contributed by atoms with Crippen molar-refractivity contribution >= 4 is 45.2 Å². The second-order valence-electron chi connectivity index (χ2n) is 3.07. The molecule has 0 spiro atoms. The maximum Gasteiger partial charge on any atom is 0.119 e. The Morgan fingerprint density at radius 1 is 1.00 bits per heavy atom. The first-order valence-electron chi connectivity index (χ1n) is 4.59. The third kappa shape index (κ3) is 3.92. The number of hydrogen-bond donors (Lipinski definition) is 0. The van der Waals surface area contributed by atoms with Gasteiger partial charge in [0.2, 0.25) is 0 Å². The van der Waals surface area contributed by atoms with Gasteiger partial charge >= 0.3 is 0 Å². The Balaban J connectivity index is 2.88. The molecule has 0 amide bonds. The number of methoxy groups -OCH3 is 1. The first-order valence-corrected chi connectivity index (χ1v) is 7.64. The second-order valence-corrected chi connectivity index (χ2v) is 5.22. The summed E-state index contributed by atoms with van der Waals surface area (Å²) in [7, 11) is 1.73. The molecule has 1 rings (SSSR count). The molecule has 14 heavy (non-hydrogen) atoms. The lowest BCUT2D eigenvalue weighted by Gasteiger charge is -2.07. The Morgan fingerprint density at radius 2 is 1.50 bits per heavy atom. The maximum absolute atomic E-state index is 5.28. The van der Waals surface area contributed by atoms with Crippen LogP contribution in [0.15, 0.2) is 18.2 Å². The molecular formula is C11H14I2O. The van der Waals surface area contributed by atoms with Gasteiger partial charge in [0.25, 0.3) is 0 Å². The van der Waals surface area contributed by atoms with Crippen LogP contribution in [0.4, 0.5) is 0 Å². The van der Waals surface area contributed by atoms with Crippen LogP contribution in [0.5, 0.6) is 5.75 Å². The molecule has 0 saturated carbocycles. The lowest BCUT2D eigenvalue weighted by atomic mass is 10.1. The van der Waals surface area contributed by atoms with Gasteiger partial charge in [-0.3, -0.25) is 0 Å². The van der Waals surface area contributed by atoms with Crippen LogP contribution in [-0.4, -0.2) is 16.0 Å². The Kier molecular flexibility index (Phi) is 6.16. The lowest BCUT2D eigenvalue weighted by Crippen LogP contribution is -1.94. The smallest absolute Gasteiger partial charge is 0.119 e. The standard InChI is InChI=1S/C11H14I2O/c1-14-11-7-9(2-4-12)6-10(8-11)3-5-13/h6-8H,2-5H2,1H3. The molecule has 3 heteroatoms. The third-order valence-corrected chi connectivity index (χ3v) is 3.11. The van der Waals surface area contributed by atoms with Crippen LogP contribution in [0.25, 0.3) is 0 Å². The number of hydrogen-bond acceptors (Lipinski definition) is 1. The van der Waals surface area contributed by atoms with Gasteiger partial charge in [0, 0.05) is 8.86 Å². The van der Waals surface area contributed by atoms with E-state index >= 15 is 0 Å². The van der Waals surface area contributed by atoms with Gasteiger partial charge in [0.1, 0.15) is 5.75 Å². The zero-order valence-electron chi connectivity index (χ0n) is 8.22. The van der Waals surface area contributed by atoms with Crippen LogP contribution >= 0.6 is 45.2 Å². The van der Waals surface area contributed by atoms with E-state index in [4.69, 9.17) is 4.74 Å². The quantitative estimate of drug-likeness (QED) is 0.527. The zero-order valence-corrected chi connectivity index (χ0v) is 12.5. The van der Waals surface area contributed by atoms with Crippen molar-refractivity contribution in [3.63, 3.8) is 0 Å². The average Bonchev–Trinajstić information content (AvgIpc) is 2.18. The summed E-state index contributed by atoms with van der Waals surface area (Å²) in [6.07, 6.45) is 2.26. The van der Waals surface area contributed by atoms with Gasteiger partial charge in [0.05, 0.1) is 7.11 Å². The van der Waals surface area contributed by atoms with Crippen molar-refractivity contribution in [2.45, 2.75) is 12.8 Å². The molecule has 1 aromatic carbocycles. The van der Waals surface area contributed by atoms with Gasteiger partial charge in [0.15, 0.2) is 0 Å². The maximum atomic E-state index is 5.28. The minimum absolute atomic E-state index is 0.993. The van der Waals surface area contributed by atoms with Crippen molar-refractivity contribution in [3.05, 3.63) is 29.3 Å². The Hall–Kier alpha value is 0.480. The minimum Gasteiger partial charge on any atom is -0.497 e. The highest BCUT2D eigenvalue weighted by atomic mass is 127. The molecule has 0 aliphatic rings. The average molecular weight is 416 g/mol. The van der Waals surface area contributed by atoms with Crippen LogP contribution in [-0.2, 0) is 12.8 Å². The predicted molar refractivity (Wildman–Crippen MR) is 78.2 cm³/mol. The molecule has 0 aliphatic carbocycles. The molecule has 0 radical (unpaired) electrons. The van der Waals surface area contributed by atoms with Crippen molar-refractivity contribution in [1.82, 2.24) is 0 Å². The largest absolute Gasteiger partial charge is 0.497 e. The molecule has 0 N–H and O–H groups in total. The molecule has 1 aromatic rings. The van der Waals surface area contributed by atoms with E-state index in [-0.39, 0.29) is 0 Å². The molecule has 0 fully saturated rings. The fourth-order valence-electron chi connectivity index (χ4n) is 1.35. The highest BCUT2D eigenvalue weighted by Crippen LogP contribution is 2.18. The van der Waals surface area contributed by atoms with Crippen molar-refractivity contribution in [2.75, 3.05) is 16.0 Å². The monoisotopic (exact) mass is 416 g/mol. The van der Waals surface area contributed by atoms with E-state index in [1.54, 1.807) is 7.11 Å². The van der Waals surface area contributed by atoms with Crippen LogP contribution in [0.2, 0.25) is 0 Å². The SMILES string of the molecule is COc1cc(CCI)cc(CCI)c1. The first kappa shape index (κ1) is 12.5. The number of benzene rings is 1. The normalized spacial score (nSPS) is 10.2. The highest BCUT2D eigenvalue weighted by Gasteiger charge is 2.00. The van der Waals surface area contributed by atoms with Crippen molar-refractivity contribution in [2.24, 2.45) is 0 Å². The van der Waals surface area contributed by atoms with E-state index in [1.807, 2.05) is 0 Å². The van der Waals surface area contributed by atoms with Crippen LogP contribution in [0.1, 0.15) is 11.1 Å². The molecule has 1 nitrogen and oxygen atoms in total. The summed E-state index contributed by atoms with van der Waals surface area (Å²) in [5, 5.41) is 0. The zero-order chi connectivity index (χ0) is 10.4. The molecule has 78 valence electrons. The molecular weight excluding hydrogens is 402 g/mol. The van der Waals surface area contributed by atoms with Crippen molar-refractivity contribution in [1.29, 1.82) is 0 Å². The number of ether oxygens (including phenoxy) is 1. The predicted octanol–water partition coefficient (Wildman–Crippen LogP) is 3.65. The van der Waals surface area contributed by atoms with Crippen LogP contribution < -0.4 is 4.74 Å². The summed E-state index contributed by atoms with van der Waals surface area (Å²) in [6.45, 7) is 0. The van der Waals surface area contributed by atoms with Crippen molar-refractivity contribution < 1.29 is 4.74 Å². The Morgan fingerprint density at radius 3 is 1.86 bits per heavy atom. The van der Waals surface area contributed by atoms with E-state index in [2.05, 4.69) is 63.4 Å². The van der Waals surface area contributed by atoms with Gasteiger partial charge in [-0.2, -0.15) is 0 Å². The lowest BCUT2D eigenvalue weighted by molar-refractivity contribution is 0.414. The Labute approximate surface area is 113 Å². The summed E-state index contributed by atoms with van der Waals surface area (Å²) in [5.74, 6) is 0.993. The minimum atomic E-state index is 0.993. The van der Waals surface area contributed by atoms with Gasteiger partial charge in [-0.15, -0.1) is 0 Å². The highest BCUT2D eigenvalue weighted by molar-refractivity contribution is 14.1. The Bertz CT molecular complexity index is 262. The van der Waals surface area contributed by atoms with E-state index in [1.165, 1.54) is 11.1 Å². The molecule has 0 unspecified atom stereocenters. The summed E-state index contributed by atoms with van der Waals surface area (Å²) in [5.41, 5.74) is 2.78. The summed E-state index contributed by atoms with van der Waals surface area (Å²) in [4.78, 5) is 0. The number of halogens is 2. The van der Waals surface area contributed by atoms with E-state index in [9.17, 15) is 0 Å². The fraction of sp³-hybridized carbons (Fsp3) is 0.455. The van der Waals surface area contributed by atoms with Gasteiger partial charge in [-0.05, 0) is 36.1 Å². The summed E-state index contributed by atoms with van der Waals surface area (Å²) >= 11 is 4.81. The van der Waals surface area contributed by atoms with E-state index in [0.29, 0.717) is 0 Å². The van der Waals surface area contributed by atoms with Gasteiger partial charge in [-0.1, -0.05) is 51.2 Å². The van der Waals surface area contributed by atoms with Crippen molar-refractivity contribution in [3.8, 4) is 5.75 Å². The summed E-state index contributed by atoms with van der Waals surface area (Å²) < 4.78 is 7.61. The molecule has 0 aliphatic heterocycles. The van der Waals surface area contributed by atoms with Gasteiger partial charge in [-0.25, -0.2) is 0 Å². The number of alkyl halides is 2. The topological polar surface area (TPSA) is 9.23 Å². The van der Waals surface area contributed by atoms with Crippen LogP contribution in [0, 0.1) is 0 Å². The van der Waals surface area contributed by atoms with E-state index < -0.39 is 0 Å². The number of aryl methyl sites for hydroxylation is 2. The molecule has 0 aromatic heterocycles. The molecule has 0 heterocycles. The summed E-state index contributed by atoms with van der Waals surface area (Å²) in [6, 6.07) is 6.56. The van der Waals surface area contributed by atoms with Gasteiger partial charge < -0.3 is 4.74 Å². The third-order valence-electron chi connectivity index (χ3n) is 2.03. The fourth-order valence-corrected chi connectivity index (χ4v) is 2.60. The second kappa shape index (κ2) is 6.87. The number of rotatable bonds is 5. The molecule has 0 atom stereocenters. The molecule has 0 bridgehead atoms. The van der Waals surface area contributed by atoms with E-state index in [0.717, 1.165) is 27.4 Å². The molecule has 0 saturated heterocycles.